The third-order valence-corrected chi connectivity index (χ3v) is 2.98. The molecule has 16 heavy (non-hydrogen) atoms. The van der Waals surface area contributed by atoms with Crippen LogP contribution in [0.25, 0.3) is 11.4 Å². The van der Waals surface area contributed by atoms with E-state index in [0.29, 0.717) is 21.7 Å². The molecule has 0 amide bonds. The van der Waals surface area contributed by atoms with Gasteiger partial charge in [-0.05, 0) is 13.8 Å². The van der Waals surface area contributed by atoms with Gasteiger partial charge in [-0.2, -0.15) is 5.10 Å². The van der Waals surface area contributed by atoms with E-state index < -0.39 is 0 Å². The highest BCUT2D eigenvalue weighted by atomic mass is 35.5. The first-order valence-electron chi connectivity index (χ1n) is 4.84. The van der Waals surface area contributed by atoms with Crippen LogP contribution in [0.4, 0.5) is 0 Å². The Bertz CT molecular complexity index is 498. The first kappa shape index (κ1) is 11.4. The normalized spacial score (nSPS) is 10.8. The van der Waals surface area contributed by atoms with Crippen LogP contribution in [0, 0.1) is 6.92 Å². The maximum absolute atomic E-state index is 5.95. The summed E-state index contributed by atoms with van der Waals surface area (Å²) in [5, 5.41) is 4.89. The number of aryl methyl sites for hydroxylation is 1. The van der Waals surface area contributed by atoms with Gasteiger partial charge >= 0.3 is 0 Å². The summed E-state index contributed by atoms with van der Waals surface area (Å²) in [5.41, 5.74) is 1.50. The highest BCUT2D eigenvalue weighted by molar-refractivity contribution is 6.34. The highest BCUT2D eigenvalue weighted by Crippen LogP contribution is 2.24. The Morgan fingerprint density at radius 2 is 1.88 bits per heavy atom. The Kier molecular flexibility index (Phi) is 3.12. The molecule has 0 saturated heterocycles. The van der Waals surface area contributed by atoms with Crippen molar-refractivity contribution in [2.75, 3.05) is 0 Å². The molecular formula is C10H10Cl2N4. The molecule has 0 N–H and O–H groups in total. The average Bonchev–Trinajstić information content (AvgIpc) is 2.73. The lowest BCUT2D eigenvalue weighted by Crippen LogP contribution is -1.94. The zero-order valence-corrected chi connectivity index (χ0v) is 10.4. The minimum atomic E-state index is 0.374. The molecule has 2 aromatic heterocycles. The molecule has 0 spiro atoms. The van der Waals surface area contributed by atoms with Crippen LogP contribution in [0.1, 0.15) is 12.5 Å². The van der Waals surface area contributed by atoms with Crippen LogP contribution < -0.4 is 0 Å². The molecule has 4 nitrogen and oxygen atoms in total. The van der Waals surface area contributed by atoms with Crippen LogP contribution in [0.5, 0.6) is 0 Å². The Labute approximate surface area is 103 Å². The third-order valence-electron chi connectivity index (χ3n) is 2.24. The second-order valence-corrected chi connectivity index (χ2v) is 4.05. The van der Waals surface area contributed by atoms with Crippen molar-refractivity contribution in [2.24, 2.45) is 0 Å². The molecule has 0 aliphatic heterocycles. The molecule has 0 aliphatic rings. The molecule has 0 atom stereocenters. The quantitative estimate of drug-likeness (QED) is 0.777. The molecule has 0 aliphatic carbocycles. The molecule has 2 rings (SSSR count). The maximum Gasteiger partial charge on any atom is 0.165 e. The van der Waals surface area contributed by atoms with E-state index in [4.69, 9.17) is 23.2 Å². The van der Waals surface area contributed by atoms with Gasteiger partial charge in [0.2, 0.25) is 0 Å². The van der Waals surface area contributed by atoms with Gasteiger partial charge < -0.3 is 0 Å². The van der Waals surface area contributed by atoms with Crippen molar-refractivity contribution < 1.29 is 0 Å². The van der Waals surface area contributed by atoms with Crippen molar-refractivity contribution in [3.05, 3.63) is 28.3 Å². The van der Waals surface area contributed by atoms with E-state index in [0.717, 1.165) is 12.1 Å². The lowest BCUT2D eigenvalue weighted by molar-refractivity contribution is 0.660. The van der Waals surface area contributed by atoms with Gasteiger partial charge in [0.1, 0.15) is 10.3 Å². The van der Waals surface area contributed by atoms with Crippen molar-refractivity contribution >= 4 is 23.2 Å². The van der Waals surface area contributed by atoms with E-state index >= 15 is 0 Å². The van der Waals surface area contributed by atoms with E-state index in [1.54, 1.807) is 17.8 Å². The van der Waals surface area contributed by atoms with Crippen LogP contribution >= 0.6 is 23.2 Å². The standard InChI is InChI=1S/C10H10Cl2N4/c1-3-16-5-7(4-13-16)10-14-8(11)6(2)9(12)15-10/h4-5H,3H2,1-2H3. The van der Waals surface area contributed by atoms with Crippen molar-refractivity contribution in [3.8, 4) is 11.4 Å². The van der Waals surface area contributed by atoms with E-state index in [9.17, 15) is 0 Å². The largest absolute Gasteiger partial charge is 0.272 e. The fourth-order valence-corrected chi connectivity index (χ4v) is 1.63. The Hall–Kier alpha value is -1.13. The van der Waals surface area contributed by atoms with E-state index in [1.807, 2.05) is 13.1 Å². The molecule has 0 saturated carbocycles. The number of halogens is 2. The number of nitrogens with zero attached hydrogens (tertiary/aromatic N) is 4. The van der Waals surface area contributed by atoms with Crippen molar-refractivity contribution in [2.45, 2.75) is 20.4 Å². The molecule has 0 unspecified atom stereocenters. The van der Waals surface area contributed by atoms with Gasteiger partial charge in [0.05, 0.1) is 11.8 Å². The topological polar surface area (TPSA) is 43.6 Å². The molecule has 0 fully saturated rings. The predicted molar refractivity (Wildman–Crippen MR) is 63.7 cm³/mol. The summed E-state index contributed by atoms with van der Waals surface area (Å²) in [6.07, 6.45) is 3.55. The van der Waals surface area contributed by atoms with Gasteiger partial charge in [0.15, 0.2) is 5.82 Å². The van der Waals surface area contributed by atoms with Gasteiger partial charge in [-0.1, -0.05) is 23.2 Å². The molecule has 84 valence electrons. The Morgan fingerprint density at radius 3 is 2.38 bits per heavy atom. The summed E-state index contributed by atoms with van der Waals surface area (Å²) < 4.78 is 1.79. The van der Waals surface area contributed by atoms with Crippen molar-refractivity contribution in [1.29, 1.82) is 0 Å². The van der Waals surface area contributed by atoms with E-state index in [1.165, 1.54) is 0 Å². The second-order valence-electron chi connectivity index (χ2n) is 3.34. The summed E-state index contributed by atoms with van der Waals surface area (Å²) in [6, 6.07) is 0. The van der Waals surface area contributed by atoms with Crippen LogP contribution in [0.2, 0.25) is 10.3 Å². The van der Waals surface area contributed by atoms with Gasteiger partial charge in [-0.15, -0.1) is 0 Å². The molecule has 0 radical (unpaired) electrons. The average molecular weight is 257 g/mol. The summed E-state index contributed by atoms with van der Waals surface area (Å²) in [4.78, 5) is 8.34. The van der Waals surface area contributed by atoms with E-state index in [-0.39, 0.29) is 0 Å². The van der Waals surface area contributed by atoms with Crippen molar-refractivity contribution in [3.63, 3.8) is 0 Å². The first-order chi connectivity index (χ1) is 7.61. The molecular weight excluding hydrogens is 247 g/mol. The first-order valence-corrected chi connectivity index (χ1v) is 5.60. The lowest BCUT2D eigenvalue weighted by Gasteiger charge is -2.02. The Balaban J connectivity index is 2.48. The zero-order chi connectivity index (χ0) is 11.7. The summed E-state index contributed by atoms with van der Waals surface area (Å²) in [5.74, 6) is 0.500. The second kappa shape index (κ2) is 4.39. The smallest absolute Gasteiger partial charge is 0.165 e. The molecule has 6 heteroatoms. The van der Waals surface area contributed by atoms with Crippen molar-refractivity contribution in [1.82, 2.24) is 19.7 Å². The maximum atomic E-state index is 5.95. The van der Waals surface area contributed by atoms with E-state index in [2.05, 4.69) is 15.1 Å². The summed E-state index contributed by atoms with van der Waals surface area (Å²) in [6.45, 7) is 4.59. The summed E-state index contributed by atoms with van der Waals surface area (Å²) in [7, 11) is 0. The number of aromatic nitrogens is 4. The Morgan fingerprint density at radius 1 is 1.25 bits per heavy atom. The third kappa shape index (κ3) is 2.03. The monoisotopic (exact) mass is 256 g/mol. The number of rotatable bonds is 2. The SMILES string of the molecule is CCn1cc(-c2nc(Cl)c(C)c(Cl)n2)cn1. The zero-order valence-electron chi connectivity index (χ0n) is 8.91. The molecule has 2 aromatic rings. The molecule has 2 heterocycles. The minimum absolute atomic E-state index is 0.374. The summed E-state index contributed by atoms with van der Waals surface area (Å²) >= 11 is 11.9. The van der Waals surface area contributed by atoms with Crippen LogP contribution in [-0.2, 0) is 6.54 Å². The minimum Gasteiger partial charge on any atom is -0.272 e. The number of hydrogen-bond acceptors (Lipinski definition) is 3. The van der Waals surface area contributed by atoms with Gasteiger partial charge in [0.25, 0.3) is 0 Å². The predicted octanol–water partition coefficient (Wildman–Crippen LogP) is 2.98. The number of hydrogen-bond donors (Lipinski definition) is 0. The van der Waals surface area contributed by atoms with Gasteiger partial charge in [-0.25, -0.2) is 9.97 Å². The highest BCUT2D eigenvalue weighted by Gasteiger charge is 2.10. The van der Waals surface area contributed by atoms with Gasteiger partial charge in [0, 0.05) is 18.3 Å². The van der Waals surface area contributed by atoms with Gasteiger partial charge in [-0.3, -0.25) is 4.68 Å². The lowest BCUT2D eigenvalue weighted by atomic mass is 10.3. The van der Waals surface area contributed by atoms with Crippen LogP contribution in [-0.4, -0.2) is 19.7 Å². The fraction of sp³-hybridized carbons (Fsp3) is 0.300. The fourth-order valence-electron chi connectivity index (χ4n) is 1.24. The van der Waals surface area contributed by atoms with Crippen LogP contribution in [0.3, 0.4) is 0 Å². The molecule has 0 bridgehead atoms. The van der Waals surface area contributed by atoms with Crippen LogP contribution in [0.15, 0.2) is 12.4 Å². The molecule has 0 aromatic carbocycles.